The molecule has 0 amide bonds. The topological polar surface area (TPSA) is 46.6 Å². The molecule has 1 aromatic heterocycles. The molecule has 1 N–H and O–H groups in total. The van der Waals surface area contributed by atoms with E-state index in [4.69, 9.17) is 14.5 Å². The fourth-order valence-electron chi connectivity index (χ4n) is 3.66. The molecule has 5 nitrogen and oxygen atoms in total. The molecule has 0 radical (unpaired) electrons. The maximum Gasteiger partial charge on any atom is 0.123 e. The molecule has 0 aliphatic carbocycles. The van der Waals surface area contributed by atoms with Gasteiger partial charge in [0.2, 0.25) is 0 Å². The van der Waals surface area contributed by atoms with Crippen LogP contribution in [0.5, 0.6) is 11.5 Å². The Kier molecular flexibility index (Phi) is 5.90. The van der Waals surface area contributed by atoms with E-state index >= 15 is 0 Å². The number of thiazole rings is 1. The lowest BCUT2D eigenvalue weighted by Gasteiger charge is -2.36. The number of hydrogen-bond acceptors (Lipinski definition) is 6. The Balaban J connectivity index is 1.55. The molecule has 0 spiro atoms. The Bertz CT molecular complexity index is 927. The van der Waals surface area contributed by atoms with Crippen molar-refractivity contribution in [3.63, 3.8) is 0 Å². The quantitative estimate of drug-likeness (QED) is 0.684. The van der Waals surface area contributed by atoms with Crippen LogP contribution in [0.15, 0.2) is 53.9 Å². The summed E-state index contributed by atoms with van der Waals surface area (Å²) in [6, 6.07) is 16.6. The van der Waals surface area contributed by atoms with Crippen LogP contribution in [0.3, 0.4) is 0 Å². The van der Waals surface area contributed by atoms with E-state index in [0.29, 0.717) is 0 Å². The van der Waals surface area contributed by atoms with Crippen molar-refractivity contribution in [3.05, 3.63) is 65.2 Å². The van der Waals surface area contributed by atoms with E-state index in [0.717, 1.165) is 53.9 Å². The summed E-state index contributed by atoms with van der Waals surface area (Å²) in [7, 11) is 3.43. The minimum atomic E-state index is 0.270. The first-order valence-electron chi connectivity index (χ1n) is 9.45. The van der Waals surface area contributed by atoms with Gasteiger partial charge in [0.05, 0.1) is 26.0 Å². The highest BCUT2D eigenvalue weighted by molar-refractivity contribution is 7.13. The Labute approximate surface area is 169 Å². The lowest BCUT2D eigenvalue weighted by Crippen LogP contribution is -2.45. The second-order valence-corrected chi connectivity index (χ2v) is 7.67. The summed E-state index contributed by atoms with van der Waals surface area (Å²) >= 11 is 1.68. The molecule has 28 heavy (non-hydrogen) atoms. The molecule has 1 unspecified atom stereocenters. The van der Waals surface area contributed by atoms with Gasteiger partial charge in [-0.3, -0.25) is 4.90 Å². The monoisotopic (exact) mass is 395 g/mol. The molecule has 2 heterocycles. The molecule has 2 aromatic carbocycles. The largest absolute Gasteiger partial charge is 0.497 e. The minimum Gasteiger partial charge on any atom is -0.497 e. The van der Waals surface area contributed by atoms with E-state index in [1.807, 2.05) is 30.3 Å². The van der Waals surface area contributed by atoms with E-state index in [-0.39, 0.29) is 6.04 Å². The molecule has 0 bridgehead atoms. The summed E-state index contributed by atoms with van der Waals surface area (Å²) in [5, 5.41) is 6.70. The van der Waals surface area contributed by atoms with Crippen LogP contribution in [-0.2, 0) is 6.54 Å². The standard InChI is InChI=1S/C22H25N3O2S/c1-26-18-7-5-6-16(12-18)22-24-17(15-28-22)14-25-11-10-23-13-20(25)19-8-3-4-9-21(19)27-2/h3-9,12,15,20,23H,10-11,13-14H2,1-2H3. The predicted octanol–water partition coefficient (Wildman–Crippen LogP) is 3.97. The van der Waals surface area contributed by atoms with Crippen LogP contribution in [0.25, 0.3) is 10.6 Å². The summed E-state index contributed by atoms with van der Waals surface area (Å²) in [5.41, 5.74) is 3.42. The molecule has 1 fully saturated rings. The first-order valence-corrected chi connectivity index (χ1v) is 10.3. The lowest BCUT2D eigenvalue weighted by atomic mass is 10.0. The Morgan fingerprint density at radius 2 is 2.04 bits per heavy atom. The summed E-state index contributed by atoms with van der Waals surface area (Å²) in [5.74, 6) is 1.80. The molecule has 4 rings (SSSR count). The van der Waals surface area contributed by atoms with Crippen LogP contribution < -0.4 is 14.8 Å². The van der Waals surface area contributed by atoms with Gasteiger partial charge in [0.15, 0.2) is 0 Å². The number of nitrogens with zero attached hydrogens (tertiary/aromatic N) is 2. The number of benzene rings is 2. The van der Waals surface area contributed by atoms with E-state index in [2.05, 4.69) is 33.8 Å². The second kappa shape index (κ2) is 8.73. The van der Waals surface area contributed by atoms with Crippen LogP contribution in [0, 0.1) is 0 Å². The normalized spacial score (nSPS) is 17.4. The summed E-state index contributed by atoms with van der Waals surface area (Å²) in [4.78, 5) is 7.38. The summed E-state index contributed by atoms with van der Waals surface area (Å²) < 4.78 is 10.9. The summed E-state index contributed by atoms with van der Waals surface area (Å²) in [6.07, 6.45) is 0. The van der Waals surface area contributed by atoms with E-state index in [1.165, 1.54) is 5.56 Å². The van der Waals surface area contributed by atoms with Gasteiger partial charge >= 0.3 is 0 Å². The molecule has 1 atom stereocenters. The fourth-order valence-corrected chi connectivity index (χ4v) is 4.47. The first kappa shape index (κ1) is 18.9. The highest BCUT2D eigenvalue weighted by atomic mass is 32.1. The Morgan fingerprint density at radius 3 is 2.89 bits per heavy atom. The van der Waals surface area contributed by atoms with Gasteiger partial charge < -0.3 is 14.8 Å². The number of rotatable bonds is 6. The van der Waals surface area contributed by atoms with Gasteiger partial charge in [0, 0.05) is 42.7 Å². The third-order valence-corrected chi connectivity index (χ3v) is 6.03. The predicted molar refractivity (Wildman–Crippen MR) is 113 cm³/mol. The SMILES string of the molecule is COc1cccc(-c2nc(CN3CCNCC3c3ccccc3OC)cs2)c1. The number of hydrogen-bond donors (Lipinski definition) is 1. The Morgan fingerprint density at radius 1 is 1.14 bits per heavy atom. The van der Waals surface area contributed by atoms with Crippen LogP contribution in [0.2, 0.25) is 0 Å². The molecular formula is C22H25N3O2S. The second-order valence-electron chi connectivity index (χ2n) is 6.81. The fraction of sp³-hybridized carbons (Fsp3) is 0.318. The van der Waals surface area contributed by atoms with E-state index < -0.39 is 0 Å². The molecule has 1 aliphatic rings. The smallest absolute Gasteiger partial charge is 0.123 e. The van der Waals surface area contributed by atoms with Crippen LogP contribution in [0.1, 0.15) is 17.3 Å². The first-order chi connectivity index (χ1) is 13.8. The van der Waals surface area contributed by atoms with Crippen molar-refractivity contribution >= 4 is 11.3 Å². The average Bonchev–Trinajstić information content (AvgIpc) is 3.23. The van der Waals surface area contributed by atoms with Crippen molar-refractivity contribution in [1.29, 1.82) is 0 Å². The highest BCUT2D eigenvalue weighted by Crippen LogP contribution is 2.32. The third kappa shape index (κ3) is 4.04. The molecule has 1 aliphatic heterocycles. The highest BCUT2D eigenvalue weighted by Gasteiger charge is 2.26. The third-order valence-electron chi connectivity index (χ3n) is 5.09. The van der Waals surface area contributed by atoms with Gasteiger partial charge in [-0.15, -0.1) is 11.3 Å². The van der Waals surface area contributed by atoms with Gasteiger partial charge in [-0.1, -0.05) is 30.3 Å². The maximum atomic E-state index is 5.60. The number of piperazine rings is 1. The van der Waals surface area contributed by atoms with Crippen molar-refractivity contribution < 1.29 is 9.47 Å². The maximum absolute atomic E-state index is 5.60. The molecular weight excluding hydrogens is 370 g/mol. The number of nitrogens with one attached hydrogen (secondary N) is 1. The minimum absolute atomic E-state index is 0.270. The van der Waals surface area contributed by atoms with Crippen molar-refractivity contribution in [2.24, 2.45) is 0 Å². The van der Waals surface area contributed by atoms with Crippen molar-refractivity contribution in [3.8, 4) is 22.1 Å². The van der Waals surface area contributed by atoms with Crippen molar-refractivity contribution in [2.45, 2.75) is 12.6 Å². The number of ether oxygens (including phenoxy) is 2. The van der Waals surface area contributed by atoms with Crippen molar-refractivity contribution in [1.82, 2.24) is 15.2 Å². The zero-order valence-corrected chi connectivity index (χ0v) is 17.0. The number of methoxy groups -OCH3 is 2. The lowest BCUT2D eigenvalue weighted by molar-refractivity contribution is 0.149. The zero-order valence-electron chi connectivity index (χ0n) is 16.2. The van der Waals surface area contributed by atoms with Crippen LogP contribution >= 0.6 is 11.3 Å². The average molecular weight is 396 g/mol. The van der Waals surface area contributed by atoms with E-state index in [1.54, 1.807) is 25.6 Å². The molecule has 1 saturated heterocycles. The van der Waals surface area contributed by atoms with Gasteiger partial charge in [0.25, 0.3) is 0 Å². The zero-order chi connectivity index (χ0) is 19.3. The van der Waals surface area contributed by atoms with Gasteiger partial charge in [0.1, 0.15) is 16.5 Å². The summed E-state index contributed by atoms with van der Waals surface area (Å²) in [6.45, 7) is 3.70. The molecule has 0 saturated carbocycles. The van der Waals surface area contributed by atoms with Crippen LogP contribution in [-0.4, -0.2) is 43.7 Å². The number of para-hydroxylation sites is 1. The molecule has 146 valence electrons. The van der Waals surface area contributed by atoms with Crippen LogP contribution in [0.4, 0.5) is 0 Å². The van der Waals surface area contributed by atoms with Gasteiger partial charge in [-0.2, -0.15) is 0 Å². The molecule has 6 heteroatoms. The van der Waals surface area contributed by atoms with Crippen molar-refractivity contribution in [2.75, 3.05) is 33.9 Å². The molecule has 3 aromatic rings. The number of aromatic nitrogens is 1. The van der Waals surface area contributed by atoms with E-state index in [9.17, 15) is 0 Å². The Hall–Kier alpha value is -2.41. The van der Waals surface area contributed by atoms with Gasteiger partial charge in [-0.25, -0.2) is 4.98 Å². The van der Waals surface area contributed by atoms with Gasteiger partial charge in [-0.05, 0) is 18.2 Å².